The Kier molecular flexibility index (Phi) is 3.75. The van der Waals surface area contributed by atoms with Crippen molar-refractivity contribution in [3.8, 4) is 5.75 Å². The van der Waals surface area contributed by atoms with Gasteiger partial charge in [0.15, 0.2) is 22.6 Å². The summed E-state index contributed by atoms with van der Waals surface area (Å²) in [7, 11) is 1.65. The first-order chi connectivity index (χ1) is 9.01. The van der Waals surface area contributed by atoms with E-state index in [9.17, 15) is 9.90 Å². The van der Waals surface area contributed by atoms with E-state index in [0.717, 1.165) is 5.69 Å². The Balaban J connectivity index is 2.71. The summed E-state index contributed by atoms with van der Waals surface area (Å²) in [5, 5.41) is 10.1. The van der Waals surface area contributed by atoms with E-state index in [1.54, 1.807) is 14.0 Å². The Morgan fingerprint density at radius 1 is 1.42 bits per heavy atom. The van der Waals surface area contributed by atoms with Crippen molar-refractivity contribution in [2.24, 2.45) is 7.05 Å². The highest BCUT2D eigenvalue weighted by molar-refractivity contribution is 9.10. The van der Waals surface area contributed by atoms with Gasteiger partial charge in [0.1, 0.15) is 4.60 Å². The van der Waals surface area contributed by atoms with Crippen LogP contribution in [0.2, 0.25) is 0 Å². The van der Waals surface area contributed by atoms with Crippen LogP contribution in [0, 0.1) is 0 Å². The van der Waals surface area contributed by atoms with Crippen LogP contribution >= 0.6 is 15.9 Å². The monoisotopic (exact) mass is 327 g/mol. The number of aryl methyl sites for hydroxylation is 2. The summed E-state index contributed by atoms with van der Waals surface area (Å²) in [5.41, 5.74) is 1.58. The zero-order chi connectivity index (χ0) is 14.2. The fourth-order valence-corrected chi connectivity index (χ4v) is 2.41. The molecule has 0 atom stereocenters. The molecule has 19 heavy (non-hydrogen) atoms. The van der Waals surface area contributed by atoms with E-state index in [4.69, 9.17) is 4.74 Å². The second-order valence-electron chi connectivity index (χ2n) is 3.96. The van der Waals surface area contributed by atoms with Crippen LogP contribution in [0.15, 0.2) is 4.60 Å². The van der Waals surface area contributed by atoms with Gasteiger partial charge in [0.2, 0.25) is 0 Å². The Morgan fingerprint density at radius 3 is 2.68 bits per heavy atom. The molecule has 102 valence electrons. The molecule has 0 saturated carbocycles. The minimum absolute atomic E-state index is 0.0667. The van der Waals surface area contributed by atoms with Gasteiger partial charge >= 0.3 is 5.97 Å². The molecule has 2 aromatic heterocycles. The summed E-state index contributed by atoms with van der Waals surface area (Å²) in [4.78, 5) is 20.5. The normalized spacial score (nSPS) is 10.9. The smallest absolute Gasteiger partial charge is 0.358 e. The molecule has 1 N–H and O–H groups in total. The Morgan fingerprint density at radius 2 is 2.11 bits per heavy atom. The van der Waals surface area contributed by atoms with E-state index in [2.05, 4.69) is 25.9 Å². The van der Waals surface area contributed by atoms with Crippen molar-refractivity contribution in [2.45, 2.75) is 20.3 Å². The number of fused-ring (bicyclic) bond motifs is 1. The average molecular weight is 328 g/mol. The highest BCUT2D eigenvalue weighted by Gasteiger charge is 2.24. The molecule has 0 fully saturated rings. The Hall–Kier alpha value is -1.63. The lowest BCUT2D eigenvalue weighted by molar-refractivity contribution is 0.0512. The molecule has 0 unspecified atom stereocenters. The standard InChI is InChI=1S/C12H14BrN3O3/c1-4-6-10(13)15-7-9(17)8(12(18)19-5-2)16(3)11(7)14-6/h17H,4-5H2,1-3H3. The largest absolute Gasteiger partial charge is 0.504 e. The van der Waals surface area contributed by atoms with Gasteiger partial charge in [-0.05, 0) is 29.3 Å². The van der Waals surface area contributed by atoms with Crippen LogP contribution in [0.5, 0.6) is 5.75 Å². The van der Waals surface area contributed by atoms with Crippen molar-refractivity contribution in [1.29, 1.82) is 0 Å². The number of carbonyl (C=O) groups excluding carboxylic acids is 1. The van der Waals surface area contributed by atoms with Gasteiger partial charge in [-0.3, -0.25) is 0 Å². The van der Waals surface area contributed by atoms with Gasteiger partial charge in [0.05, 0.1) is 12.3 Å². The van der Waals surface area contributed by atoms with Gasteiger partial charge < -0.3 is 14.4 Å². The average Bonchev–Trinajstić information content (AvgIpc) is 2.61. The first-order valence-corrected chi connectivity index (χ1v) is 6.71. The third-order valence-electron chi connectivity index (χ3n) is 2.81. The molecule has 2 aromatic rings. The predicted octanol–water partition coefficient (Wildman–Crippen LogP) is 2.18. The lowest BCUT2D eigenvalue weighted by Gasteiger charge is -2.03. The van der Waals surface area contributed by atoms with Crippen LogP contribution in [-0.2, 0) is 18.2 Å². The fraction of sp³-hybridized carbons (Fsp3) is 0.417. The minimum Gasteiger partial charge on any atom is -0.504 e. The fourth-order valence-electron chi connectivity index (χ4n) is 1.87. The Labute approximate surface area is 118 Å². The van der Waals surface area contributed by atoms with Crippen molar-refractivity contribution in [3.05, 3.63) is 16.0 Å². The van der Waals surface area contributed by atoms with Gasteiger partial charge in [-0.15, -0.1) is 0 Å². The van der Waals surface area contributed by atoms with Crippen LogP contribution < -0.4 is 0 Å². The third kappa shape index (κ3) is 2.18. The summed E-state index contributed by atoms with van der Waals surface area (Å²) in [5.74, 6) is -0.789. The van der Waals surface area contributed by atoms with Crippen molar-refractivity contribution in [3.63, 3.8) is 0 Å². The number of halogens is 1. The predicted molar refractivity (Wildman–Crippen MR) is 73.2 cm³/mol. The molecule has 6 nitrogen and oxygen atoms in total. The van der Waals surface area contributed by atoms with Gasteiger partial charge in [-0.25, -0.2) is 14.8 Å². The SMILES string of the molecule is CCOC(=O)c1c(O)c2nc(Br)c(CC)nc2n1C. The molecule has 2 heterocycles. The first-order valence-electron chi connectivity index (χ1n) is 5.92. The maximum absolute atomic E-state index is 11.8. The van der Waals surface area contributed by atoms with Crippen molar-refractivity contribution >= 4 is 33.1 Å². The maximum atomic E-state index is 11.8. The van der Waals surface area contributed by atoms with E-state index in [1.165, 1.54) is 4.57 Å². The number of nitrogens with zero attached hydrogens (tertiary/aromatic N) is 3. The van der Waals surface area contributed by atoms with Crippen molar-refractivity contribution in [2.75, 3.05) is 6.61 Å². The number of hydrogen-bond acceptors (Lipinski definition) is 5. The number of rotatable bonds is 3. The van der Waals surface area contributed by atoms with E-state index in [1.807, 2.05) is 6.92 Å². The molecule has 0 bridgehead atoms. The van der Waals surface area contributed by atoms with Crippen LogP contribution in [0.3, 0.4) is 0 Å². The lowest BCUT2D eigenvalue weighted by atomic mass is 10.3. The quantitative estimate of drug-likeness (QED) is 0.874. The molecule has 0 aliphatic heterocycles. The molecule has 0 aliphatic carbocycles. The molecule has 0 radical (unpaired) electrons. The summed E-state index contributed by atoms with van der Waals surface area (Å²) in [6.45, 7) is 3.90. The number of ether oxygens (including phenoxy) is 1. The van der Waals surface area contributed by atoms with Gasteiger partial charge in [-0.1, -0.05) is 6.92 Å². The van der Waals surface area contributed by atoms with E-state index < -0.39 is 5.97 Å². The van der Waals surface area contributed by atoms with Gasteiger partial charge in [0, 0.05) is 7.05 Å². The van der Waals surface area contributed by atoms with Crippen LogP contribution in [0.1, 0.15) is 30.0 Å². The van der Waals surface area contributed by atoms with Crippen LogP contribution in [-0.4, -0.2) is 32.2 Å². The molecular weight excluding hydrogens is 314 g/mol. The van der Waals surface area contributed by atoms with E-state index in [0.29, 0.717) is 16.7 Å². The highest BCUT2D eigenvalue weighted by atomic mass is 79.9. The van der Waals surface area contributed by atoms with Crippen LogP contribution in [0.25, 0.3) is 11.2 Å². The topological polar surface area (TPSA) is 77.2 Å². The van der Waals surface area contributed by atoms with Gasteiger partial charge in [-0.2, -0.15) is 0 Å². The van der Waals surface area contributed by atoms with Crippen molar-refractivity contribution in [1.82, 2.24) is 14.5 Å². The van der Waals surface area contributed by atoms with Crippen molar-refractivity contribution < 1.29 is 14.6 Å². The second-order valence-corrected chi connectivity index (χ2v) is 4.71. The van der Waals surface area contributed by atoms with Crippen LogP contribution in [0.4, 0.5) is 0 Å². The number of carbonyl (C=O) groups is 1. The lowest BCUT2D eigenvalue weighted by Crippen LogP contribution is -2.10. The third-order valence-corrected chi connectivity index (χ3v) is 3.44. The summed E-state index contributed by atoms with van der Waals surface area (Å²) < 4.78 is 6.99. The number of esters is 1. The van der Waals surface area contributed by atoms with E-state index >= 15 is 0 Å². The molecule has 7 heteroatoms. The minimum atomic E-state index is -0.587. The first kappa shape index (κ1) is 13.8. The molecule has 0 aliphatic rings. The second kappa shape index (κ2) is 5.16. The van der Waals surface area contributed by atoms with E-state index in [-0.39, 0.29) is 23.6 Å². The maximum Gasteiger partial charge on any atom is 0.358 e. The molecule has 0 spiro atoms. The zero-order valence-corrected chi connectivity index (χ0v) is 12.5. The molecule has 0 aromatic carbocycles. The zero-order valence-electron chi connectivity index (χ0n) is 10.9. The van der Waals surface area contributed by atoms with Gasteiger partial charge in [0.25, 0.3) is 0 Å². The summed E-state index contributed by atoms with van der Waals surface area (Å²) >= 11 is 3.30. The molecule has 0 amide bonds. The number of aromatic nitrogens is 3. The molecule has 0 saturated heterocycles. The number of aromatic hydroxyl groups is 1. The summed E-state index contributed by atoms with van der Waals surface area (Å²) in [6, 6.07) is 0. The molecular formula is C12H14BrN3O3. The molecule has 2 rings (SSSR count). The highest BCUT2D eigenvalue weighted by Crippen LogP contribution is 2.31. The summed E-state index contributed by atoms with van der Waals surface area (Å²) in [6.07, 6.45) is 0.699. The number of hydrogen-bond donors (Lipinski definition) is 1. The Bertz CT molecular complexity index is 651.